The van der Waals surface area contributed by atoms with E-state index in [0.717, 1.165) is 0 Å². The summed E-state index contributed by atoms with van der Waals surface area (Å²) in [5.41, 5.74) is 4.85. The molecule has 0 amide bonds. The van der Waals surface area contributed by atoms with Gasteiger partial charge in [-0.05, 0) is 0 Å². The van der Waals surface area contributed by atoms with Crippen LogP contribution in [-0.2, 0) is 0 Å². The lowest BCUT2D eigenvalue weighted by Crippen LogP contribution is -2.34. The summed E-state index contributed by atoms with van der Waals surface area (Å²) in [6.07, 6.45) is 0. The van der Waals surface area contributed by atoms with E-state index in [0.29, 0.717) is 13.1 Å². The molecule has 0 unspecified atom stereocenters. The van der Waals surface area contributed by atoms with Crippen molar-refractivity contribution in [2.75, 3.05) is 13.1 Å². The molecular weight excluding hydrogens is 142 g/mol. The minimum absolute atomic E-state index is 0.705. The zero-order valence-corrected chi connectivity index (χ0v) is 5.28. The summed E-state index contributed by atoms with van der Waals surface area (Å²) >= 11 is 0. The molecule has 0 bridgehead atoms. The van der Waals surface area contributed by atoms with E-state index in [4.69, 9.17) is 27.0 Å². The van der Waals surface area contributed by atoms with Crippen LogP contribution in [0.5, 0.6) is 0 Å². The third-order valence-corrected chi connectivity index (χ3v) is 0.414. The molecule has 0 rings (SSSR count). The highest BCUT2D eigenvalue weighted by Gasteiger charge is 1.71. The molecule has 8 nitrogen and oxygen atoms in total. The average molecular weight is 153 g/mol. The predicted molar refractivity (Wildman–Crippen MR) is 33.2 cm³/mol. The molecule has 0 aromatic carbocycles. The van der Waals surface area contributed by atoms with Crippen molar-refractivity contribution in [3.05, 3.63) is 10.1 Å². The number of hydrogen-bond acceptors (Lipinski definition) is 6. The van der Waals surface area contributed by atoms with Crippen LogP contribution < -0.4 is 22.5 Å². The summed E-state index contributed by atoms with van der Waals surface area (Å²) in [5, 5.41) is 13.6. The molecule has 0 aromatic rings. The van der Waals surface area contributed by atoms with Crippen LogP contribution in [-0.4, -0.2) is 23.4 Å². The monoisotopic (exact) mass is 153 g/mol. The van der Waals surface area contributed by atoms with Gasteiger partial charge in [0.1, 0.15) is 0 Å². The standard InChI is InChI=1S/C2H10N4.HNO3/c3-5-1-2-6-4;2-1(3)4/h5-6H,1-4H2;(H,2,3,4). The normalized spacial score (nSPS) is 7.80. The molecule has 0 aliphatic carbocycles. The Morgan fingerprint density at radius 3 is 1.70 bits per heavy atom. The van der Waals surface area contributed by atoms with Crippen molar-refractivity contribution < 1.29 is 10.3 Å². The molecule has 0 spiro atoms. The SMILES string of the molecule is NNCCNN.O=[N+]([O-])O. The first kappa shape index (κ1) is 11.8. The summed E-state index contributed by atoms with van der Waals surface area (Å²) in [6, 6.07) is 0. The molecule has 0 aliphatic heterocycles. The fourth-order valence-electron chi connectivity index (χ4n) is 0.144. The quantitative estimate of drug-likeness (QED) is 0.131. The molecule has 0 aliphatic rings. The van der Waals surface area contributed by atoms with Crippen LogP contribution in [0.3, 0.4) is 0 Å². The van der Waals surface area contributed by atoms with Gasteiger partial charge >= 0.3 is 0 Å². The molecule has 0 fully saturated rings. The van der Waals surface area contributed by atoms with Crippen molar-refractivity contribution in [2.45, 2.75) is 0 Å². The zero-order chi connectivity index (χ0) is 8.41. The van der Waals surface area contributed by atoms with E-state index >= 15 is 0 Å². The van der Waals surface area contributed by atoms with Gasteiger partial charge in [0.15, 0.2) is 0 Å². The summed E-state index contributed by atoms with van der Waals surface area (Å²) in [6.45, 7) is 1.41. The van der Waals surface area contributed by atoms with Crippen molar-refractivity contribution in [3.63, 3.8) is 0 Å². The van der Waals surface area contributed by atoms with E-state index in [1.807, 2.05) is 0 Å². The van der Waals surface area contributed by atoms with Gasteiger partial charge in [0.2, 0.25) is 0 Å². The van der Waals surface area contributed by atoms with Crippen LogP contribution in [0.25, 0.3) is 0 Å². The van der Waals surface area contributed by atoms with E-state index in [1.165, 1.54) is 0 Å². The van der Waals surface area contributed by atoms with Gasteiger partial charge in [0.05, 0.1) is 0 Å². The van der Waals surface area contributed by atoms with Gasteiger partial charge in [0, 0.05) is 13.1 Å². The molecule has 0 atom stereocenters. The van der Waals surface area contributed by atoms with Crippen LogP contribution >= 0.6 is 0 Å². The number of hydrogen-bond donors (Lipinski definition) is 5. The Balaban J connectivity index is 0. The van der Waals surface area contributed by atoms with Crippen LogP contribution in [0.2, 0.25) is 0 Å². The average Bonchev–Trinajstić information content (AvgIpc) is 1.82. The van der Waals surface area contributed by atoms with E-state index in [2.05, 4.69) is 10.9 Å². The molecule has 0 saturated carbocycles. The fraction of sp³-hybridized carbons (Fsp3) is 1.00. The molecule has 0 saturated heterocycles. The van der Waals surface area contributed by atoms with Crippen molar-refractivity contribution in [3.8, 4) is 0 Å². The second kappa shape index (κ2) is 10.9. The summed E-state index contributed by atoms with van der Waals surface area (Å²) in [5.74, 6) is 9.74. The second-order valence-electron chi connectivity index (χ2n) is 1.15. The maximum Gasteiger partial charge on any atom is 0.291 e. The van der Waals surface area contributed by atoms with Crippen LogP contribution in [0, 0.1) is 10.1 Å². The van der Waals surface area contributed by atoms with Gasteiger partial charge in [-0.3, -0.25) is 22.5 Å². The Hall–Kier alpha value is -0.960. The van der Waals surface area contributed by atoms with Gasteiger partial charge in [0.25, 0.3) is 5.09 Å². The minimum Gasteiger partial charge on any atom is -0.328 e. The third-order valence-electron chi connectivity index (χ3n) is 0.414. The summed E-state index contributed by atoms with van der Waals surface area (Å²) in [4.78, 5) is 8.36. The highest BCUT2D eigenvalue weighted by molar-refractivity contribution is 4.35. The first-order valence-corrected chi connectivity index (χ1v) is 2.35. The van der Waals surface area contributed by atoms with Gasteiger partial charge in [-0.25, -0.2) is 0 Å². The molecule has 8 heteroatoms. The molecular formula is C2H11N5O3. The predicted octanol–water partition coefficient (Wildman–Crippen LogP) is -2.43. The van der Waals surface area contributed by atoms with E-state index in [1.54, 1.807) is 0 Å². The highest BCUT2D eigenvalue weighted by atomic mass is 16.9. The van der Waals surface area contributed by atoms with Gasteiger partial charge in [-0.1, -0.05) is 0 Å². The Bertz CT molecular complexity index is 69.3. The van der Waals surface area contributed by atoms with Gasteiger partial charge < -0.3 is 5.21 Å². The number of nitrogens with zero attached hydrogens (tertiary/aromatic N) is 1. The number of hydrazine groups is 2. The Morgan fingerprint density at radius 1 is 1.40 bits per heavy atom. The van der Waals surface area contributed by atoms with Crippen molar-refractivity contribution >= 4 is 0 Å². The number of rotatable bonds is 3. The lowest BCUT2D eigenvalue weighted by Gasteiger charge is -1.92. The van der Waals surface area contributed by atoms with E-state index < -0.39 is 5.09 Å². The van der Waals surface area contributed by atoms with Crippen molar-refractivity contribution in [2.24, 2.45) is 11.7 Å². The van der Waals surface area contributed by atoms with Gasteiger partial charge in [-0.2, -0.15) is 0 Å². The van der Waals surface area contributed by atoms with Crippen molar-refractivity contribution in [1.82, 2.24) is 10.9 Å². The molecule has 7 N–H and O–H groups in total. The third kappa shape index (κ3) is 61.7. The fourth-order valence-corrected chi connectivity index (χ4v) is 0.144. The molecule has 0 heterocycles. The van der Waals surface area contributed by atoms with E-state index in [9.17, 15) is 0 Å². The minimum atomic E-state index is -1.50. The van der Waals surface area contributed by atoms with Gasteiger partial charge in [-0.15, -0.1) is 10.1 Å². The Morgan fingerprint density at radius 2 is 1.60 bits per heavy atom. The highest BCUT2D eigenvalue weighted by Crippen LogP contribution is 1.39. The van der Waals surface area contributed by atoms with E-state index in [-0.39, 0.29) is 0 Å². The lowest BCUT2D eigenvalue weighted by atomic mass is 10.7. The largest absolute Gasteiger partial charge is 0.328 e. The second-order valence-corrected chi connectivity index (χ2v) is 1.15. The smallest absolute Gasteiger partial charge is 0.291 e. The summed E-state index contributed by atoms with van der Waals surface area (Å²) < 4.78 is 0. The first-order chi connectivity index (χ1) is 4.65. The molecule has 0 aromatic heterocycles. The number of nitrogens with two attached hydrogens (primary N) is 2. The topological polar surface area (TPSA) is 139 Å². The Labute approximate surface area is 57.2 Å². The molecule has 10 heavy (non-hydrogen) atoms. The molecule has 62 valence electrons. The van der Waals surface area contributed by atoms with Crippen LogP contribution in [0.4, 0.5) is 0 Å². The first-order valence-electron chi connectivity index (χ1n) is 2.35. The van der Waals surface area contributed by atoms with Crippen LogP contribution in [0.15, 0.2) is 0 Å². The van der Waals surface area contributed by atoms with Crippen LogP contribution in [0.1, 0.15) is 0 Å². The van der Waals surface area contributed by atoms with Crippen molar-refractivity contribution in [1.29, 1.82) is 0 Å². The maximum atomic E-state index is 8.36. The number of nitrogens with one attached hydrogen (secondary N) is 2. The summed E-state index contributed by atoms with van der Waals surface area (Å²) in [7, 11) is 0. The Kier molecular flexibility index (Phi) is 12.9. The zero-order valence-electron chi connectivity index (χ0n) is 5.28. The lowest BCUT2D eigenvalue weighted by molar-refractivity contribution is -0.742. The molecule has 0 radical (unpaired) electrons. The maximum absolute atomic E-state index is 8.36.